The van der Waals surface area contributed by atoms with Crippen molar-refractivity contribution in [3.63, 3.8) is 0 Å². The molecule has 24 heavy (non-hydrogen) atoms. The second-order valence-corrected chi connectivity index (χ2v) is 6.05. The molecule has 13 heteroatoms. The van der Waals surface area contributed by atoms with Gasteiger partial charge in [0.2, 0.25) is 5.96 Å². The van der Waals surface area contributed by atoms with Gasteiger partial charge in [-0.05, 0) is 12.1 Å². The lowest BCUT2D eigenvalue weighted by Crippen LogP contribution is -2.73. The van der Waals surface area contributed by atoms with Crippen LogP contribution in [0.3, 0.4) is 0 Å². The van der Waals surface area contributed by atoms with Gasteiger partial charge < -0.3 is 20.2 Å². The standard InChI is InChI=1S/C11H12N4O8S/c12-9(13-10(17)18)15-4-3-14(8(16)7-2-1-5-21-7)6-11(15)22-24(19,20)23-11/h1-2,5H,3-4,6H2,(H2,12,13)(H,17,18). The first-order chi connectivity index (χ1) is 11.2. The van der Waals surface area contributed by atoms with Gasteiger partial charge in [0.25, 0.3) is 5.91 Å². The molecule has 3 heterocycles. The molecule has 3 rings (SSSR count). The smallest absolute Gasteiger partial charge is 0.434 e. The number of hydrogen-bond donors (Lipinski definition) is 2. The normalized spacial score (nSPS) is 22.2. The summed E-state index contributed by atoms with van der Waals surface area (Å²) in [6.45, 7) is -0.323. The van der Waals surface area contributed by atoms with E-state index in [1.54, 1.807) is 0 Å². The van der Waals surface area contributed by atoms with E-state index in [2.05, 4.69) is 4.99 Å². The number of piperazine rings is 1. The van der Waals surface area contributed by atoms with E-state index in [0.29, 0.717) is 0 Å². The molecule has 1 spiro atoms. The van der Waals surface area contributed by atoms with E-state index in [1.165, 1.54) is 23.3 Å². The first-order valence-electron chi connectivity index (χ1n) is 6.56. The zero-order valence-electron chi connectivity index (χ0n) is 12.0. The summed E-state index contributed by atoms with van der Waals surface area (Å²) < 4.78 is 37.1. The molecule has 2 aliphatic heterocycles. The molecule has 1 aromatic rings. The summed E-state index contributed by atoms with van der Waals surface area (Å²) in [6, 6.07) is 2.97. The topological polar surface area (TPSA) is 165 Å². The van der Waals surface area contributed by atoms with Gasteiger partial charge in [0.05, 0.1) is 12.8 Å². The molecular weight excluding hydrogens is 348 g/mol. The van der Waals surface area contributed by atoms with Crippen LogP contribution in [0.4, 0.5) is 4.79 Å². The largest absolute Gasteiger partial charge is 0.463 e. The SMILES string of the molecule is N/C(=N\C(=O)O)N1CCN(C(=O)c2ccco2)CC12OS(=O)(=O)O2. The van der Waals surface area contributed by atoms with Gasteiger partial charge >= 0.3 is 22.4 Å². The number of aliphatic imine (C=N–C) groups is 1. The molecule has 0 aromatic carbocycles. The van der Waals surface area contributed by atoms with Crippen LogP contribution < -0.4 is 5.73 Å². The maximum atomic E-state index is 12.3. The summed E-state index contributed by atoms with van der Waals surface area (Å²) in [4.78, 5) is 28.3. The molecule has 2 fully saturated rings. The van der Waals surface area contributed by atoms with E-state index in [4.69, 9.17) is 23.6 Å². The van der Waals surface area contributed by atoms with Gasteiger partial charge in [-0.2, -0.15) is 16.8 Å². The molecule has 0 aliphatic carbocycles. The summed E-state index contributed by atoms with van der Waals surface area (Å²) >= 11 is 0. The number of furan rings is 1. The van der Waals surface area contributed by atoms with E-state index in [1.807, 2.05) is 0 Å². The van der Waals surface area contributed by atoms with Crippen molar-refractivity contribution in [1.82, 2.24) is 9.80 Å². The number of amides is 2. The summed E-state index contributed by atoms with van der Waals surface area (Å²) in [5, 5.41) is 8.67. The zero-order valence-corrected chi connectivity index (χ0v) is 12.8. The Balaban J connectivity index is 1.86. The van der Waals surface area contributed by atoms with Crippen LogP contribution in [-0.4, -0.2) is 66.8 Å². The zero-order chi connectivity index (χ0) is 17.5. The van der Waals surface area contributed by atoms with Crippen molar-refractivity contribution < 1.29 is 35.9 Å². The molecule has 2 saturated heterocycles. The third kappa shape index (κ3) is 2.79. The molecule has 0 bridgehead atoms. The van der Waals surface area contributed by atoms with Crippen molar-refractivity contribution in [2.75, 3.05) is 19.6 Å². The van der Waals surface area contributed by atoms with Crippen molar-refractivity contribution in [3.8, 4) is 0 Å². The van der Waals surface area contributed by atoms with Crippen LogP contribution in [0.15, 0.2) is 27.8 Å². The maximum absolute atomic E-state index is 12.3. The summed E-state index contributed by atoms with van der Waals surface area (Å²) in [5.74, 6) is -2.93. The minimum absolute atomic E-state index is 0.0490. The van der Waals surface area contributed by atoms with Crippen molar-refractivity contribution >= 4 is 28.4 Å². The van der Waals surface area contributed by atoms with Crippen molar-refractivity contribution in [3.05, 3.63) is 24.2 Å². The highest BCUT2D eigenvalue weighted by molar-refractivity contribution is 7.82. The maximum Gasteiger partial charge on any atom is 0.434 e. The minimum Gasteiger partial charge on any atom is -0.463 e. The predicted molar refractivity (Wildman–Crippen MR) is 74.8 cm³/mol. The fourth-order valence-corrected chi connectivity index (χ4v) is 3.38. The Morgan fingerprint density at radius 3 is 2.58 bits per heavy atom. The lowest BCUT2D eigenvalue weighted by molar-refractivity contribution is -0.276. The fraction of sp³-hybridized carbons (Fsp3) is 0.364. The molecule has 0 atom stereocenters. The number of nitrogens with zero attached hydrogens (tertiary/aromatic N) is 3. The fourth-order valence-electron chi connectivity index (χ4n) is 2.44. The lowest BCUT2D eigenvalue weighted by Gasteiger charge is -2.51. The van der Waals surface area contributed by atoms with Gasteiger partial charge in [-0.25, -0.2) is 4.79 Å². The van der Waals surface area contributed by atoms with Crippen LogP contribution >= 0.6 is 0 Å². The number of carbonyl (C=O) groups is 2. The minimum atomic E-state index is -4.25. The molecule has 1 aromatic heterocycles. The van der Waals surface area contributed by atoms with E-state index < -0.39 is 34.3 Å². The van der Waals surface area contributed by atoms with Crippen LogP contribution in [-0.2, 0) is 18.8 Å². The predicted octanol–water partition coefficient (Wildman–Crippen LogP) is -1.02. The first-order valence-corrected chi connectivity index (χ1v) is 7.89. The molecule has 2 aliphatic rings. The molecule has 3 N–H and O–H groups in total. The molecule has 2 amide bonds. The number of carbonyl (C=O) groups excluding carboxylic acids is 1. The van der Waals surface area contributed by atoms with Crippen molar-refractivity contribution in [2.24, 2.45) is 10.7 Å². The monoisotopic (exact) mass is 360 g/mol. The van der Waals surface area contributed by atoms with Crippen molar-refractivity contribution in [1.29, 1.82) is 0 Å². The summed E-state index contributed by atoms with van der Waals surface area (Å²) in [7, 11) is -4.25. The number of nitrogens with two attached hydrogens (primary N) is 1. The Morgan fingerprint density at radius 2 is 2.04 bits per heavy atom. The van der Waals surface area contributed by atoms with Gasteiger partial charge in [-0.15, -0.1) is 4.99 Å². The quantitative estimate of drug-likeness (QED) is 0.467. The van der Waals surface area contributed by atoms with Gasteiger partial charge in [0.1, 0.15) is 0 Å². The number of hydrogen-bond acceptors (Lipinski definition) is 7. The molecular formula is C11H12N4O8S. The highest BCUT2D eigenvalue weighted by Crippen LogP contribution is 2.37. The molecule has 0 radical (unpaired) electrons. The Morgan fingerprint density at radius 1 is 1.33 bits per heavy atom. The Labute approximate surface area is 135 Å². The second-order valence-electron chi connectivity index (χ2n) is 4.90. The van der Waals surface area contributed by atoms with Crippen LogP contribution in [0.25, 0.3) is 0 Å². The van der Waals surface area contributed by atoms with Gasteiger partial charge in [-0.1, -0.05) is 0 Å². The Hall–Kier alpha value is -2.64. The average molecular weight is 360 g/mol. The molecule has 130 valence electrons. The third-order valence-electron chi connectivity index (χ3n) is 3.37. The van der Waals surface area contributed by atoms with Crippen LogP contribution in [0.1, 0.15) is 10.6 Å². The lowest BCUT2D eigenvalue weighted by atomic mass is 10.2. The van der Waals surface area contributed by atoms with Crippen molar-refractivity contribution in [2.45, 2.75) is 5.91 Å². The highest BCUT2D eigenvalue weighted by atomic mass is 32.3. The molecule has 12 nitrogen and oxygen atoms in total. The third-order valence-corrected chi connectivity index (χ3v) is 4.30. The number of rotatable bonds is 1. The molecule has 0 saturated carbocycles. The van der Waals surface area contributed by atoms with Crippen LogP contribution in [0.2, 0.25) is 0 Å². The van der Waals surface area contributed by atoms with Gasteiger partial charge in [0, 0.05) is 13.1 Å². The first kappa shape index (κ1) is 16.2. The Kier molecular flexibility index (Phi) is 3.70. The highest BCUT2D eigenvalue weighted by Gasteiger charge is 2.61. The number of guanidine groups is 1. The second kappa shape index (κ2) is 5.47. The van der Waals surface area contributed by atoms with Gasteiger partial charge in [0.15, 0.2) is 5.76 Å². The van der Waals surface area contributed by atoms with E-state index in [9.17, 15) is 18.0 Å². The van der Waals surface area contributed by atoms with Crippen LogP contribution in [0.5, 0.6) is 0 Å². The van der Waals surface area contributed by atoms with Crippen LogP contribution in [0, 0.1) is 0 Å². The average Bonchev–Trinajstić information content (AvgIpc) is 2.97. The van der Waals surface area contributed by atoms with E-state index in [-0.39, 0.29) is 25.4 Å². The Bertz CT molecular complexity index is 790. The molecule has 0 unspecified atom stereocenters. The number of carboxylic acid groups (broad SMARTS) is 1. The van der Waals surface area contributed by atoms with E-state index >= 15 is 0 Å². The summed E-state index contributed by atoms with van der Waals surface area (Å²) in [5.41, 5.74) is 5.56. The van der Waals surface area contributed by atoms with Gasteiger partial charge in [-0.3, -0.25) is 9.69 Å². The summed E-state index contributed by atoms with van der Waals surface area (Å²) in [6.07, 6.45) is -0.253. The van der Waals surface area contributed by atoms with E-state index in [0.717, 1.165) is 4.90 Å².